The van der Waals surface area contributed by atoms with E-state index in [0.29, 0.717) is 25.6 Å². The van der Waals surface area contributed by atoms with Gasteiger partial charge in [0.2, 0.25) is 5.91 Å². The molecule has 0 aromatic heterocycles. The number of rotatable bonds is 7. The summed E-state index contributed by atoms with van der Waals surface area (Å²) in [5.41, 5.74) is 2.35. The number of hydrogen-bond acceptors (Lipinski definition) is 3. The first-order valence-corrected chi connectivity index (χ1v) is 9.70. The van der Waals surface area contributed by atoms with Gasteiger partial charge >= 0.3 is 0 Å². The van der Waals surface area contributed by atoms with Crippen LogP contribution in [0.2, 0.25) is 0 Å². The normalized spacial score (nSPS) is 15.0. The molecule has 1 unspecified atom stereocenters. The molecule has 1 amide bonds. The zero-order valence-electron chi connectivity index (χ0n) is 16.9. The third-order valence-corrected chi connectivity index (χ3v) is 4.79. The highest BCUT2D eigenvalue weighted by atomic mass is 127. The van der Waals surface area contributed by atoms with Crippen molar-refractivity contribution < 1.29 is 9.53 Å². The highest BCUT2D eigenvalue weighted by Gasteiger charge is 2.22. The zero-order valence-corrected chi connectivity index (χ0v) is 19.3. The maximum Gasteiger partial charge on any atom is 0.242 e. The number of para-hydroxylation sites is 1. The fourth-order valence-corrected chi connectivity index (χ4v) is 3.25. The van der Waals surface area contributed by atoms with Gasteiger partial charge in [-0.1, -0.05) is 48.5 Å². The number of fused-ring (bicyclic) bond motifs is 1. The number of nitrogens with zero attached hydrogens (tertiary/aromatic N) is 2. The first-order chi connectivity index (χ1) is 13.7. The van der Waals surface area contributed by atoms with E-state index in [1.54, 1.807) is 7.05 Å². The van der Waals surface area contributed by atoms with Crippen molar-refractivity contribution in [2.75, 3.05) is 26.7 Å². The number of carbonyl (C=O) groups is 1. The Morgan fingerprint density at radius 1 is 1.14 bits per heavy atom. The highest BCUT2D eigenvalue weighted by molar-refractivity contribution is 14.0. The van der Waals surface area contributed by atoms with Gasteiger partial charge in [-0.25, -0.2) is 0 Å². The van der Waals surface area contributed by atoms with Crippen molar-refractivity contribution in [2.24, 2.45) is 4.99 Å². The Morgan fingerprint density at radius 3 is 2.55 bits per heavy atom. The molecule has 1 atom stereocenters. The number of halogens is 1. The van der Waals surface area contributed by atoms with Crippen molar-refractivity contribution >= 4 is 35.8 Å². The summed E-state index contributed by atoms with van der Waals surface area (Å²) in [5, 5.41) is 6.36. The minimum absolute atomic E-state index is 0. The standard InChI is InChI=1S/C22H28N4O2.HI/c1-3-26(16-17-9-5-4-6-10-17)21(27)15-25-22(23-2)24-14-19-13-18-11-7-8-12-20(18)28-19;/h4-12,19H,3,13-16H2,1-2H3,(H2,23,24,25);1H. The number of aliphatic imine (C=N–C) groups is 1. The summed E-state index contributed by atoms with van der Waals surface area (Å²) in [5.74, 6) is 1.59. The Balaban J connectivity index is 0.00000300. The van der Waals surface area contributed by atoms with Crippen molar-refractivity contribution in [3.63, 3.8) is 0 Å². The van der Waals surface area contributed by atoms with Crippen LogP contribution in [-0.4, -0.2) is 49.6 Å². The van der Waals surface area contributed by atoms with Crippen LogP contribution < -0.4 is 15.4 Å². The number of amides is 1. The van der Waals surface area contributed by atoms with Crippen molar-refractivity contribution in [3.05, 3.63) is 65.7 Å². The lowest BCUT2D eigenvalue weighted by atomic mass is 10.1. The van der Waals surface area contributed by atoms with Gasteiger partial charge < -0.3 is 20.3 Å². The van der Waals surface area contributed by atoms with Gasteiger partial charge in [-0.05, 0) is 24.1 Å². The molecule has 0 radical (unpaired) electrons. The molecule has 0 fully saturated rings. The minimum atomic E-state index is 0. The number of benzene rings is 2. The molecular formula is C22H29IN4O2. The van der Waals surface area contributed by atoms with Crippen LogP contribution in [0.1, 0.15) is 18.1 Å². The maximum absolute atomic E-state index is 12.6. The molecule has 2 N–H and O–H groups in total. The monoisotopic (exact) mass is 508 g/mol. The molecule has 0 spiro atoms. The van der Waals surface area contributed by atoms with E-state index in [-0.39, 0.29) is 42.5 Å². The largest absolute Gasteiger partial charge is 0.488 e. The van der Waals surface area contributed by atoms with E-state index in [1.807, 2.05) is 60.4 Å². The van der Waals surface area contributed by atoms with Gasteiger partial charge in [0.15, 0.2) is 5.96 Å². The van der Waals surface area contributed by atoms with Gasteiger partial charge in [0.25, 0.3) is 0 Å². The fraction of sp³-hybridized carbons (Fsp3) is 0.364. The number of likely N-dealkylation sites (N-methyl/N-ethyl adjacent to an activating group) is 1. The Bertz CT molecular complexity index is 788. The van der Waals surface area contributed by atoms with Gasteiger partial charge in [-0.15, -0.1) is 24.0 Å². The Hall–Kier alpha value is -2.29. The van der Waals surface area contributed by atoms with E-state index in [0.717, 1.165) is 17.7 Å². The van der Waals surface area contributed by atoms with Crippen LogP contribution in [0.4, 0.5) is 0 Å². The van der Waals surface area contributed by atoms with Crippen LogP contribution in [-0.2, 0) is 17.8 Å². The number of nitrogens with one attached hydrogen (secondary N) is 2. The van der Waals surface area contributed by atoms with Gasteiger partial charge in [-0.2, -0.15) is 0 Å². The molecule has 3 rings (SSSR count). The number of hydrogen-bond donors (Lipinski definition) is 2. The average Bonchev–Trinajstić information content (AvgIpc) is 3.15. The molecule has 0 bridgehead atoms. The molecule has 0 saturated carbocycles. The fourth-order valence-electron chi connectivity index (χ4n) is 3.25. The second-order valence-corrected chi connectivity index (χ2v) is 6.75. The summed E-state index contributed by atoms with van der Waals surface area (Å²) in [7, 11) is 1.70. The molecule has 2 aromatic carbocycles. The van der Waals surface area contributed by atoms with Gasteiger partial charge in [-0.3, -0.25) is 9.79 Å². The van der Waals surface area contributed by atoms with Crippen LogP contribution >= 0.6 is 24.0 Å². The van der Waals surface area contributed by atoms with E-state index in [4.69, 9.17) is 4.74 Å². The number of carbonyl (C=O) groups excluding carboxylic acids is 1. The zero-order chi connectivity index (χ0) is 19.8. The van der Waals surface area contributed by atoms with Crippen LogP contribution in [0.5, 0.6) is 5.75 Å². The van der Waals surface area contributed by atoms with E-state index in [2.05, 4.69) is 21.7 Å². The van der Waals surface area contributed by atoms with E-state index in [9.17, 15) is 4.79 Å². The molecular weight excluding hydrogens is 479 g/mol. The summed E-state index contributed by atoms with van der Waals surface area (Å²) >= 11 is 0. The lowest BCUT2D eigenvalue weighted by Crippen LogP contribution is -2.46. The SMILES string of the molecule is CCN(Cc1ccccc1)C(=O)CNC(=NC)NCC1Cc2ccccc2O1.I. The molecule has 7 heteroatoms. The van der Waals surface area contributed by atoms with Crippen LogP contribution in [0.15, 0.2) is 59.6 Å². The summed E-state index contributed by atoms with van der Waals surface area (Å²) in [6.45, 7) is 4.09. The van der Waals surface area contributed by atoms with Crippen molar-refractivity contribution in [1.82, 2.24) is 15.5 Å². The molecule has 0 saturated heterocycles. The molecule has 29 heavy (non-hydrogen) atoms. The first kappa shape index (κ1) is 23.0. The van der Waals surface area contributed by atoms with E-state index in [1.165, 1.54) is 5.56 Å². The summed E-state index contributed by atoms with van der Waals surface area (Å²) in [6.07, 6.45) is 0.941. The topological polar surface area (TPSA) is 66.0 Å². The van der Waals surface area contributed by atoms with Crippen LogP contribution in [0, 0.1) is 0 Å². The molecule has 2 aromatic rings. The smallest absolute Gasteiger partial charge is 0.242 e. The number of ether oxygens (including phenoxy) is 1. The predicted molar refractivity (Wildman–Crippen MR) is 127 cm³/mol. The summed E-state index contributed by atoms with van der Waals surface area (Å²) < 4.78 is 5.93. The quantitative estimate of drug-likeness (QED) is 0.343. The Kier molecular flexibility index (Phi) is 9.24. The van der Waals surface area contributed by atoms with Crippen LogP contribution in [0.25, 0.3) is 0 Å². The average molecular weight is 508 g/mol. The second-order valence-electron chi connectivity index (χ2n) is 6.75. The Morgan fingerprint density at radius 2 is 1.86 bits per heavy atom. The minimum Gasteiger partial charge on any atom is -0.488 e. The molecule has 1 aliphatic heterocycles. The molecule has 156 valence electrons. The van der Waals surface area contributed by atoms with Crippen molar-refractivity contribution in [2.45, 2.75) is 26.0 Å². The second kappa shape index (κ2) is 11.6. The summed E-state index contributed by atoms with van der Waals surface area (Å²) in [6, 6.07) is 18.1. The lowest BCUT2D eigenvalue weighted by Gasteiger charge is -2.22. The lowest BCUT2D eigenvalue weighted by molar-refractivity contribution is -0.130. The van der Waals surface area contributed by atoms with Gasteiger partial charge in [0.05, 0.1) is 13.1 Å². The molecule has 1 aliphatic rings. The third kappa shape index (κ3) is 6.62. The predicted octanol–water partition coefficient (Wildman–Crippen LogP) is 2.82. The molecule has 1 heterocycles. The first-order valence-electron chi connectivity index (χ1n) is 9.70. The third-order valence-electron chi connectivity index (χ3n) is 4.79. The van der Waals surface area contributed by atoms with Crippen molar-refractivity contribution in [3.8, 4) is 5.75 Å². The highest BCUT2D eigenvalue weighted by Crippen LogP contribution is 2.27. The Labute approximate surface area is 189 Å². The van der Waals surface area contributed by atoms with Crippen LogP contribution in [0.3, 0.4) is 0 Å². The number of guanidine groups is 1. The summed E-state index contributed by atoms with van der Waals surface area (Å²) in [4.78, 5) is 18.6. The van der Waals surface area contributed by atoms with Gasteiger partial charge in [0.1, 0.15) is 11.9 Å². The molecule has 6 nitrogen and oxygen atoms in total. The van der Waals surface area contributed by atoms with Crippen molar-refractivity contribution in [1.29, 1.82) is 0 Å². The van der Waals surface area contributed by atoms with E-state index >= 15 is 0 Å². The van der Waals surface area contributed by atoms with Gasteiger partial charge in [0, 0.05) is 26.6 Å². The maximum atomic E-state index is 12.6. The molecule has 0 aliphatic carbocycles. The van der Waals surface area contributed by atoms with E-state index < -0.39 is 0 Å².